The molecule has 0 spiro atoms. The van der Waals surface area contributed by atoms with Crippen LogP contribution in [0.2, 0.25) is 0 Å². The zero-order valence-corrected chi connectivity index (χ0v) is 11.2. The number of aromatic nitrogens is 1. The van der Waals surface area contributed by atoms with E-state index in [-0.39, 0.29) is 0 Å². The van der Waals surface area contributed by atoms with E-state index in [1.807, 2.05) is 7.05 Å². The van der Waals surface area contributed by atoms with Gasteiger partial charge in [0, 0.05) is 22.6 Å². The number of hydrogen-bond acceptors (Lipinski definition) is 1. The predicted octanol–water partition coefficient (Wildman–Crippen LogP) is 3.29. The first-order valence-electron chi connectivity index (χ1n) is 6.39. The highest BCUT2D eigenvalue weighted by molar-refractivity contribution is 5.85. The highest BCUT2D eigenvalue weighted by Crippen LogP contribution is 2.26. The second kappa shape index (κ2) is 4.92. The summed E-state index contributed by atoms with van der Waals surface area (Å²) in [5.74, 6) is 0. The van der Waals surface area contributed by atoms with Crippen LogP contribution < -0.4 is 5.32 Å². The number of hydrogen-bond donors (Lipinski definition) is 1. The van der Waals surface area contributed by atoms with E-state index < -0.39 is 0 Å². The molecule has 2 rings (SSSR count). The Labute approximate surface area is 104 Å². The Bertz CT molecular complexity index is 509. The highest BCUT2D eigenvalue weighted by atomic mass is 15.0. The molecular weight excluding hydrogens is 208 g/mol. The summed E-state index contributed by atoms with van der Waals surface area (Å²) in [6.07, 6.45) is 1.09. The van der Waals surface area contributed by atoms with E-state index in [9.17, 15) is 0 Å². The van der Waals surface area contributed by atoms with Crippen LogP contribution in [0.4, 0.5) is 0 Å². The van der Waals surface area contributed by atoms with E-state index in [2.05, 4.69) is 54.9 Å². The molecule has 0 atom stereocenters. The highest BCUT2D eigenvalue weighted by Gasteiger charge is 2.10. The summed E-state index contributed by atoms with van der Waals surface area (Å²) in [4.78, 5) is 0. The molecule has 17 heavy (non-hydrogen) atoms. The van der Waals surface area contributed by atoms with Crippen molar-refractivity contribution in [3.05, 3.63) is 35.5 Å². The molecule has 92 valence electrons. The second-order valence-corrected chi connectivity index (χ2v) is 4.95. The van der Waals surface area contributed by atoms with Crippen molar-refractivity contribution in [2.24, 2.45) is 0 Å². The van der Waals surface area contributed by atoms with Gasteiger partial charge in [-0.3, -0.25) is 0 Å². The summed E-state index contributed by atoms with van der Waals surface area (Å²) in [7, 11) is 2.00. The summed E-state index contributed by atoms with van der Waals surface area (Å²) >= 11 is 0. The van der Waals surface area contributed by atoms with Crippen molar-refractivity contribution in [1.82, 2.24) is 9.88 Å². The van der Waals surface area contributed by atoms with Crippen LogP contribution in [0, 0.1) is 6.92 Å². The Hall–Kier alpha value is -1.28. The molecule has 0 aliphatic heterocycles. The lowest BCUT2D eigenvalue weighted by Gasteiger charge is -2.12. The third kappa shape index (κ3) is 2.22. The average molecular weight is 230 g/mol. The third-order valence-corrected chi connectivity index (χ3v) is 3.33. The Balaban J connectivity index is 2.54. The molecule has 0 saturated carbocycles. The Morgan fingerprint density at radius 1 is 1.29 bits per heavy atom. The van der Waals surface area contributed by atoms with Gasteiger partial charge in [0.25, 0.3) is 0 Å². The average Bonchev–Trinajstić information content (AvgIpc) is 2.62. The minimum atomic E-state index is 0.520. The van der Waals surface area contributed by atoms with Gasteiger partial charge in [-0.1, -0.05) is 12.1 Å². The molecule has 0 bridgehead atoms. The summed E-state index contributed by atoms with van der Waals surface area (Å²) in [5.41, 5.74) is 4.16. The van der Waals surface area contributed by atoms with Crippen LogP contribution in [0.15, 0.2) is 24.3 Å². The molecule has 0 fully saturated rings. The van der Waals surface area contributed by atoms with Crippen LogP contribution in [-0.4, -0.2) is 18.2 Å². The van der Waals surface area contributed by atoms with E-state index in [0.717, 1.165) is 13.0 Å². The largest absolute Gasteiger partial charge is 0.342 e. The lowest BCUT2D eigenvalue weighted by Crippen LogP contribution is -2.10. The van der Waals surface area contributed by atoms with Gasteiger partial charge in [0.2, 0.25) is 0 Å². The van der Waals surface area contributed by atoms with Crippen molar-refractivity contribution in [2.75, 3.05) is 13.6 Å². The van der Waals surface area contributed by atoms with Gasteiger partial charge in [-0.2, -0.15) is 0 Å². The first-order valence-corrected chi connectivity index (χ1v) is 6.39. The lowest BCUT2D eigenvalue weighted by atomic mass is 10.1. The summed E-state index contributed by atoms with van der Waals surface area (Å²) in [5, 5.41) is 4.63. The summed E-state index contributed by atoms with van der Waals surface area (Å²) < 4.78 is 2.41. The van der Waals surface area contributed by atoms with Gasteiger partial charge in [-0.05, 0) is 58.5 Å². The minimum absolute atomic E-state index is 0.520. The van der Waals surface area contributed by atoms with Gasteiger partial charge in [0.05, 0.1) is 0 Å². The normalized spacial score (nSPS) is 11.6. The maximum Gasteiger partial charge on any atom is 0.0487 e. The zero-order valence-electron chi connectivity index (χ0n) is 11.2. The number of nitrogens with one attached hydrogen (secondary N) is 1. The fraction of sp³-hybridized carbons (Fsp3) is 0.467. The monoisotopic (exact) mass is 230 g/mol. The molecule has 0 amide bonds. The molecule has 0 aliphatic rings. The molecule has 1 N–H and O–H groups in total. The molecule has 0 radical (unpaired) electrons. The maximum absolute atomic E-state index is 3.22. The van der Waals surface area contributed by atoms with Gasteiger partial charge in [0.1, 0.15) is 0 Å². The number of likely N-dealkylation sites (N-methyl/N-ethyl adjacent to an activating group) is 1. The van der Waals surface area contributed by atoms with Crippen LogP contribution in [0.25, 0.3) is 10.9 Å². The Kier molecular flexibility index (Phi) is 3.53. The topological polar surface area (TPSA) is 17.0 Å². The van der Waals surface area contributed by atoms with Gasteiger partial charge in [-0.15, -0.1) is 0 Å². The van der Waals surface area contributed by atoms with Crippen LogP contribution in [-0.2, 0) is 6.42 Å². The van der Waals surface area contributed by atoms with Crippen molar-refractivity contribution in [3.63, 3.8) is 0 Å². The number of aryl methyl sites for hydroxylation is 1. The molecule has 0 unspecified atom stereocenters. The first kappa shape index (κ1) is 12.2. The number of rotatable bonds is 4. The molecule has 2 nitrogen and oxygen atoms in total. The standard InChI is InChI=1S/C15H22N2/c1-11(2)17-12(3)10-14-13(8-9-16-4)6-5-7-15(14)17/h5-7,10-11,16H,8-9H2,1-4H3. The fourth-order valence-corrected chi connectivity index (χ4v) is 2.61. The third-order valence-electron chi connectivity index (χ3n) is 3.33. The van der Waals surface area contributed by atoms with Crippen molar-refractivity contribution >= 4 is 10.9 Å². The van der Waals surface area contributed by atoms with Crippen molar-refractivity contribution in [2.45, 2.75) is 33.2 Å². The van der Waals surface area contributed by atoms with Gasteiger partial charge in [0.15, 0.2) is 0 Å². The van der Waals surface area contributed by atoms with Crippen LogP contribution in [0.3, 0.4) is 0 Å². The van der Waals surface area contributed by atoms with Gasteiger partial charge < -0.3 is 9.88 Å². The van der Waals surface area contributed by atoms with Gasteiger partial charge >= 0.3 is 0 Å². The minimum Gasteiger partial charge on any atom is -0.342 e. The Morgan fingerprint density at radius 3 is 2.71 bits per heavy atom. The Morgan fingerprint density at radius 2 is 2.06 bits per heavy atom. The van der Waals surface area contributed by atoms with Crippen LogP contribution in [0.5, 0.6) is 0 Å². The first-order chi connectivity index (χ1) is 8.15. The smallest absolute Gasteiger partial charge is 0.0487 e. The van der Waals surface area contributed by atoms with Crippen molar-refractivity contribution in [3.8, 4) is 0 Å². The number of nitrogens with zero attached hydrogens (tertiary/aromatic N) is 1. The zero-order chi connectivity index (χ0) is 12.4. The number of benzene rings is 1. The van der Waals surface area contributed by atoms with E-state index >= 15 is 0 Å². The van der Waals surface area contributed by atoms with E-state index in [4.69, 9.17) is 0 Å². The van der Waals surface area contributed by atoms with E-state index in [0.29, 0.717) is 6.04 Å². The fourth-order valence-electron chi connectivity index (χ4n) is 2.61. The van der Waals surface area contributed by atoms with E-state index in [1.165, 1.54) is 22.2 Å². The molecule has 1 heterocycles. The molecule has 2 aromatic rings. The molecule has 2 heteroatoms. The summed E-state index contributed by atoms with van der Waals surface area (Å²) in [6.45, 7) is 7.71. The molecule has 0 aliphatic carbocycles. The van der Waals surface area contributed by atoms with Crippen LogP contribution in [0.1, 0.15) is 31.1 Å². The maximum atomic E-state index is 3.22. The molecular formula is C15H22N2. The molecule has 1 aromatic carbocycles. The number of fused-ring (bicyclic) bond motifs is 1. The molecule has 0 saturated heterocycles. The van der Waals surface area contributed by atoms with Gasteiger partial charge in [-0.25, -0.2) is 0 Å². The SMILES string of the molecule is CNCCc1cccc2c1cc(C)n2C(C)C. The second-order valence-electron chi connectivity index (χ2n) is 4.95. The predicted molar refractivity (Wildman–Crippen MR) is 74.7 cm³/mol. The lowest BCUT2D eigenvalue weighted by molar-refractivity contribution is 0.608. The van der Waals surface area contributed by atoms with E-state index in [1.54, 1.807) is 0 Å². The molecule has 1 aromatic heterocycles. The quantitative estimate of drug-likeness (QED) is 0.853. The van der Waals surface area contributed by atoms with Crippen molar-refractivity contribution in [1.29, 1.82) is 0 Å². The summed E-state index contributed by atoms with van der Waals surface area (Å²) in [6, 6.07) is 9.48. The van der Waals surface area contributed by atoms with Crippen LogP contribution >= 0.6 is 0 Å². The van der Waals surface area contributed by atoms with Crippen molar-refractivity contribution < 1.29 is 0 Å².